The lowest BCUT2D eigenvalue weighted by Crippen LogP contribution is -2.04. The first-order valence-corrected chi connectivity index (χ1v) is 6.86. The molecular formula is C18H21N. The van der Waals surface area contributed by atoms with E-state index in [0.29, 0.717) is 5.92 Å². The summed E-state index contributed by atoms with van der Waals surface area (Å²) >= 11 is 0. The molecule has 2 aliphatic carbocycles. The minimum atomic E-state index is 0.583. The average Bonchev–Trinajstić information content (AvgIpc) is 2.68. The Labute approximate surface area is 116 Å². The maximum atomic E-state index is 4.65. The van der Waals surface area contributed by atoms with Gasteiger partial charge in [-0.25, -0.2) is 0 Å². The molecule has 2 rings (SSSR count). The van der Waals surface area contributed by atoms with Crippen molar-refractivity contribution in [3.63, 3.8) is 0 Å². The Balaban J connectivity index is 1.97. The summed E-state index contributed by atoms with van der Waals surface area (Å²) < 4.78 is 0. The summed E-state index contributed by atoms with van der Waals surface area (Å²) in [6, 6.07) is 0. The summed E-state index contributed by atoms with van der Waals surface area (Å²) in [5.74, 6) is 0.583. The van der Waals surface area contributed by atoms with Gasteiger partial charge in [-0.2, -0.15) is 0 Å². The highest BCUT2D eigenvalue weighted by atomic mass is 14.8. The highest BCUT2D eigenvalue weighted by Gasteiger charge is 2.07. The van der Waals surface area contributed by atoms with Crippen LogP contribution in [0.4, 0.5) is 0 Å². The van der Waals surface area contributed by atoms with Crippen molar-refractivity contribution in [1.82, 2.24) is 0 Å². The molecule has 0 spiro atoms. The zero-order chi connectivity index (χ0) is 13.5. The van der Waals surface area contributed by atoms with Crippen molar-refractivity contribution in [2.45, 2.75) is 26.2 Å². The molecule has 0 N–H and O–H groups in total. The summed E-state index contributed by atoms with van der Waals surface area (Å²) in [6.07, 6.45) is 22.3. The molecule has 0 aromatic heterocycles. The lowest BCUT2D eigenvalue weighted by molar-refractivity contribution is 0.686. The third kappa shape index (κ3) is 4.36. The molecule has 1 unspecified atom stereocenters. The molecule has 0 bridgehead atoms. The molecule has 1 nitrogen and oxygen atoms in total. The number of aliphatic imine (C=N–C) groups is 1. The first kappa shape index (κ1) is 13.5. The van der Waals surface area contributed by atoms with Crippen LogP contribution in [-0.4, -0.2) is 5.71 Å². The fraction of sp³-hybridized carbons (Fsp3) is 0.278. The van der Waals surface area contributed by atoms with Crippen LogP contribution >= 0.6 is 0 Å². The molecular weight excluding hydrogens is 230 g/mol. The van der Waals surface area contributed by atoms with E-state index in [1.54, 1.807) is 0 Å². The van der Waals surface area contributed by atoms with Crippen LogP contribution in [0.1, 0.15) is 26.2 Å². The molecule has 0 saturated carbocycles. The van der Waals surface area contributed by atoms with Gasteiger partial charge in [0.1, 0.15) is 0 Å². The largest absolute Gasteiger partial charge is 0.258 e. The smallest absolute Gasteiger partial charge is 0.0629 e. The van der Waals surface area contributed by atoms with Gasteiger partial charge in [-0.3, -0.25) is 4.99 Å². The first-order valence-electron chi connectivity index (χ1n) is 6.86. The van der Waals surface area contributed by atoms with Gasteiger partial charge in [0, 0.05) is 5.71 Å². The lowest BCUT2D eigenvalue weighted by Gasteiger charge is -2.12. The van der Waals surface area contributed by atoms with Gasteiger partial charge in [-0.05, 0) is 37.7 Å². The molecule has 0 fully saturated rings. The Kier molecular flexibility index (Phi) is 4.91. The zero-order valence-electron chi connectivity index (χ0n) is 11.5. The van der Waals surface area contributed by atoms with E-state index in [4.69, 9.17) is 0 Å². The monoisotopic (exact) mass is 251 g/mol. The zero-order valence-corrected chi connectivity index (χ0v) is 11.5. The Morgan fingerprint density at radius 3 is 2.95 bits per heavy atom. The molecule has 0 radical (unpaired) electrons. The number of allylic oxidation sites excluding steroid dienone is 9. The summed E-state index contributed by atoms with van der Waals surface area (Å²) in [7, 11) is 0. The first-order chi connectivity index (χ1) is 9.25. The van der Waals surface area contributed by atoms with E-state index in [-0.39, 0.29) is 0 Å². The summed E-state index contributed by atoms with van der Waals surface area (Å²) in [5.41, 5.74) is 3.11. The molecule has 0 aromatic carbocycles. The van der Waals surface area contributed by atoms with Crippen molar-refractivity contribution in [2.24, 2.45) is 10.9 Å². The van der Waals surface area contributed by atoms with Gasteiger partial charge >= 0.3 is 0 Å². The fourth-order valence-corrected chi connectivity index (χ4v) is 2.27. The van der Waals surface area contributed by atoms with Gasteiger partial charge in [-0.1, -0.05) is 61.3 Å². The Bertz CT molecular complexity index is 510. The maximum absolute atomic E-state index is 4.65. The van der Waals surface area contributed by atoms with E-state index < -0.39 is 0 Å². The van der Waals surface area contributed by atoms with Crippen LogP contribution in [0, 0.1) is 5.92 Å². The number of rotatable bonds is 4. The van der Waals surface area contributed by atoms with Crippen molar-refractivity contribution >= 4 is 5.71 Å². The second-order valence-electron chi connectivity index (χ2n) is 4.99. The highest BCUT2D eigenvalue weighted by Crippen LogP contribution is 2.19. The Morgan fingerprint density at radius 2 is 2.16 bits per heavy atom. The van der Waals surface area contributed by atoms with E-state index >= 15 is 0 Å². The van der Waals surface area contributed by atoms with Crippen molar-refractivity contribution in [2.75, 3.05) is 0 Å². The van der Waals surface area contributed by atoms with Crippen LogP contribution in [0.2, 0.25) is 0 Å². The molecule has 0 saturated heterocycles. The molecule has 1 atom stereocenters. The van der Waals surface area contributed by atoms with Crippen molar-refractivity contribution in [3.05, 3.63) is 72.5 Å². The van der Waals surface area contributed by atoms with E-state index in [1.807, 2.05) is 0 Å². The molecule has 0 aromatic rings. The van der Waals surface area contributed by atoms with Crippen LogP contribution in [-0.2, 0) is 0 Å². The van der Waals surface area contributed by atoms with Gasteiger partial charge in [-0.15, -0.1) is 0 Å². The van der Waals surface area contributed by atoms with Crippen LogP contribution in [0.15, 0.2) is 77.5 Å². The van der Waals surface area contributed by atoms with Gasteiger partial charge in [0.15, 0.2) is 0 Å². The summed E-state index contributed by atoms with van der Waals surface area (Å²) in [4.78, 5) is 4.65. The lowest BCUT2D eigenvalue weighted by atomic mass is 9.95. The molecule has 2 aliphatic rings. The van der Waals surface area contributed by atoms with Crippen LogP contribution < -0.4 is 0 Å². The predicted molar refractivity (Wildman–Crippen MR) is 84.2 cm³/mol. The van der Waals surface area contributed by atoms with Crippen molar-refractivity contribution < 1.29 is 0 Å². The standard InChI is InChI=1S/C18H21N/c1-15(14-17-10-6-5-7-11-17)19-16(2)18-12-8-3-4-9-13-18/h3,5-10,12-13,17H,2,4,11,14H2,1H3. The minimum Gasteiger partial charge on any atom is -0.258 e. The summed E-state index contributed by atoms with van der Waals surface area (Å²) in [5, 5.41) is 0. The highest BCUT2D eigenvalue weighted by molar-refractivity contribution is 5.84. The molecule has 0 heterocycles. The average molecular weight is 251 g/mol. The second kappa shape index (κ2) is 6.89. The SMILES string of the molecule is C=C(N=C(C)CC1C=CC=CC1)C1=CC=CCC=C1. The van der Waals surface area contributed by atoms with Crippen molar-refractivity contribution in [3.8, 4) is 0 Å². The number of hydrogen-bond acceptors (Lipinski definition) is 1. The normalized spacial score (nSPS) is 22.3. The number of hydrogen-bond donors (Lipinski definition) is 0. The molecule has 1 heteroatoms. The number of nitrogens with zero attached hydrogens (tertiary/aromatic N) is 1. The van der Waals surface area contributed by atoms with Gasteiger partial charge in [0.05, 0.1) is 5.70 Å². The van der Waals surface area contributed by atoms with Crippen LogP contribution in [0.5, 0.6) is 0 Å². The van der Waals surface area contributed by atoms with Crippen LogP contribution in [0.25, 0.3) is 0 Å². The van der Waals surface area contributed by atoms with Gasteiger partial charge in [0.2, 0.25) is 0 Å². The topological polar surface area (TPSA) is 12.4 Å². The molecule has 98 valence electrons. The Morgan fingerprint density at radius 1 is 1.26 bits per heavy atom. The third-order valence-corrected chi connectivity index (χ3v) is 3.27. The quantitative estimate of drug-likeness (QED) is 0.628. The second-order valence-corrected chi connectivity index (χ2v) is 4.99. The maximum Gasteiger partial charge on any atom is 0.0629 e. The van der Waals surface area contributed by atoms with Crippen LogP contribution in [0.3, 0.4) is 0 Å². The molecule has 0 amide bonds. The van der Waals surface area contributed by atoms with E-state index in [2.05, 4.69) is 73.2 Å². The molecule has 0 aliphatic heterocycles. The van der Waals surface area contributed by atoms with E-state index in [0.717, 1.165) is 36.2 Å². The molecule has 19 heavy (non-hydrogen) atoms. The fourth-order valence-electron chi connectivity index (χ4n) is 2.27. The predicted octanol–water partition coefficient (Wildman–Crippen LogP) is 4.93. The van der Waals surface area contributed by atoms with E-state index in [1.165, 1.54) is 0 Å². The van der Waals surface area contributed by atoms with E-state index in [9.17, 15) is 0 Å². The van der Waals surface area contributed by atoms with Gasteiger partial charge < -0.3 is 0 Å². The van der Waals surface area contributed by atoms with Gasteiger partial charge in [0.25, 0.3) is 0 Å². The minimum absolute atomic E-state index is 0.583. The summed E-state index contributed by atoms with van der Waals surface area (Å²) in [6.45, 7) is 6.17. The Hall–Kier alpha value is -1.89. The van der Waals surface area contributed by atoms with Crippen molar-refractivity contribution in [1.29, 1.82) is 0 Å². The third-order valence-electron chi connectivity index (χ3n) is 3.27.